The average Bonchev–Trinajstić information content (AvgIpc) is 3.58. The molecule has 354 valence electrons. The summed E-state index contributed by atoms with van der Waals surface area (Å²) in [7, 11) is 2.05. The molecule has 2 amide bonds. The number of aliphatic hydroxyl groups is 2. The van der Waals surface area contributed by atoms with Gasteiger partial charge >= 0.3 is 12.0 Å². The number of urea groups is 1. The molecule has 2 spiro atoms. The molecule has 0 radical (unpaired) electrons. The topological polar surface area (TPSA) is 177 Å². The van der Waals surface area contributed by atoms with Gasteiger partial charge in [0.2, 0.25) is 0 Å². The standard InChI is InChI=1S/C48H81N3O11/c1-12-34(43(54)55)36-16-15-28(4)41(59-36)32(8)39(52)31(7)40(53)35(13-2)42-29(5)27-30(6)47(60-42)20-17-37(49-44(56)51-25-23-50(11)24-26-51)48(62-47)22-21-45(10,61-48)38-18-19-46(57,14-3)33(9)58-38/h17,20,28-39,41-42,52,57H,12-16,18-19,21-27H2,1-11H3,(H,49,56)(H,54,55)/t28-,29-,30+,31-,32-,33-,34+,35?,36+,37+,38+,39+,41+,42-,45-,46+,47-,48-/m0/s1. The summed E-state index contributed by atoms with van der Waals surface area (Å²) in [4.78, 5) is 44.7. The smallest absolute Gasteiger partial charge is 0.318 e. The molecule has 6 rings (SSSR count). The first-order valence-electron chi connectivity index (χ1n) is 24.2. The van der Waals surface area contributed by atoms with Crippen LogP contribution < -0.4 is 5.32 Å². The number of likely N-dealkylation sites (N-methyl/N-ethyl adjacent to an activating group) is 1. The zero-order valence-electron chi connectivity index (χ0n) is 39.6. The molecule has 14 heteroatoms. The molecule has 1 unspecified atom stereocenters. The number of ether oxygens (including phenoxy) is 5. The fourth-order valence-corrected chi connectivity index (χ4v) is 11.9. The number of carboxylic acids is 1. The summed E-state index contributed by atoms with van der Waals surface area (Å²) in [6.45, 7) is 22.6. The highest BCUT2D eigenvalue weighted by Gasteiger charge is 2.63. The maximum Gasteiger partial charge on any atom is 0.318 e. The summed E-state index contributed by atoms with van der Waals surface area (Å²) in [5.74, 6) is -5.90. The summed E-state index contributed by atoms with van der Waals surface area (Å²) < 4.78 is 34.7. The Morgan fingerprint density at radius 1 is 0.871 bits per heavy atom. The number of aliphatic hydroxyl groups excluding tert-OH is 1. The third-order valence-electron chi connectivity index (χ3n) is 16.5. The summed E-state index contributed by atoms with van der Waals surface area (Å²) in [5, 5.41) is 36.3. The number of ketones is 1. The van der Waals surface area contributed by atoms with Crippen LogP contribution in [-0.2, 0) is 33.3 Å². The van der Waals surface area contributed by atoms with E-state index in [1.165, 1.54) is 0 Å². The Kier molecular flexibility index (Phi) is 15.4. The monoisotopic (exact) mass is 876 g/mol. The molecule has 6 aliphatic rings. The molecule has 18 atom stereocenters. The van der Waals surface area contributed by atoms with Gasteiger partial charge in [0.15, 0.2) is 11.6 Å². The van der Waals surface area contributed by atoms with Gasteiger partial charge in [-0.3, -0.25) is 9.59 Å². The van der Waals surface area contributed by atoms with Crippen molar-refractivity contribution in [2.24, 2.45) is 41.4 Å². The van der Waals surface area contributed by atoms with Crippen LogP contribution in [0.3, 0.4) is 0 Å². The summed E-state index contributed by atoms with van der Waals surface area (Å²) in [6.07, 6.45) is 6.76. The summed E-state index contributed by atoms with van der Waals surface area (Å²) in [5.41, 5.74) is -1.69. The Morgan fingerprint density at radius 2 is 1.55 bits per heavy atom. The van der Waals surface area contributed by atoms with Gasteiger partial charge < -0.3 is 54.1 Å². The van der Waals surface area contributed by atoms with Gasteiger partial charge in [-0.2, -0.15) is 0 Å². The Hall–Kier alpha value is -2.17. The molecule has 14 nitrogen and oxygen atoms in total. The van der Waals surface area contributed by atoms with Gasteiger partial charge in [-0.1, -0.05) is 61.5 Å². The van der Waals surface area contributed by atoms with Gasteiger partial charge in [-0.15, -0.1) is 0 Å². The van der Waals surface area contributed by atoms with Gasteiger partial charge in [0.25, 0.3) is 0 Å². The van der Waals surface area contributed by atoms with Crippen molar-refractivity contribution < 1.29 is 53.4 Å². The Morgan fingerprint density at radius 3 is 2.16 bits per heavy atom. The van der Waals surface area contributed by atoms with Crippen LogP contribution in [0, 0.1) is 41.4 Å². The lowest BCUT2D eigenvalue weighted by Crippen LogP contribution is -2.66. The molecule has 5 fully saturated rings. The zero-order chi connectivity index (χ0) is 45.5. The second-order valence-corrected chi connectivity index (χ2v) is 20.7. The van der Waals surface area contributed by atoms with Crippen LogP contribution in [0.5, 0.6) is 0 Å². The molecule has 62 heavy (non-hydrogen) atoms. The van der Waals surface area contributed by atoms with Gasteiger partial charge in [0.1, 0.15) is 11.8 Å². The number of nitrogens with one attached hydrogen (secondary N) is 1. The number of carbonyl (C=O) groups excluding carboxylic acids is 2. The van der Waals surface area contributed by atoms with E-state index in [1.807, 2.05) is 58.6 Å². The quantitative estimate of drug-likeness (QED) is 0.156. The number of hydrogen-bond donors (Lipinski definition) is 4. The second kappa shape index (κ2) is 19.4. The van der Waals surface area contributed by atoms with Crippen molar-refractivity contribution in [1.29, 1.82) is 0 Å². The van der Waals surface area contributed by atoms with Crippen molar-refractivity contribution in [3.8, 4) is 0 Å². The molecular weight excluding hydrogens is 795 g/mol. The number of piperazine rings is 1. The minimum Gasteiger partial charge on any atom is -0.481 e. The molecule has 6 heterocycles. The number of rotatable bonds is 13. The van der Waals surface area contributed by atoms with Crippen LogP contribution in [0.1, 0.15) is 133 Å². The zero-order valence-corrected chi connectivity index (χ0v) is 39.6. The number of Topliss-reactive ketones (excluding diaryl/α,β-unsaturated/α-hetero) is 1. The molecule has 0 aromatic heterocycles. The number of carbonyl (C=O) groups is 3. The fourth-order valence-electron chi connectivity index (χ4n) is 11.9. The molecule has 0 saturated carbocycles. The molecule has 0 bridgehead atoms. The largest absolute Gasteiger partial charge is 0.481 e. The van der Waals surface area contributed by atoms with Crippen LogP contribution in [0.2, 0.25) is 0 Å². The predicted molar refractivity (Wildman–Crippen MR) is 234 cm³/mol. The van der Waals surface area contributed by atoms with E-state index in [2.05, 4.69) is 38.0 Å². The van der Waals surface area contributed by atoms with Crippen LogP contribution in [0.4, 0.5) is 4.79 Å². The minimum atomic E-state index is -1.31. The lowest BCUT2D eigenvalue weighted by Gasteiger charge is -2.55. The number of nitrogens with zero attached hydrogens (tertiary/aromatic N) is 2. The maximum atomic E-state index is 14.7. The van der Waals surface area contributed by atoms with Gasteiger partial charge in [0.05, 0.1) is 53.7 Å². The van der Waals surface area contributed by atoms with Gasteiger partial charge in [-0.05, 0) is 96.6 Å². The van der Waals surface area contributed by atoms with E-state index in [0.29, 0.717) is 70.9 Å². The normalized spacial score (nSPS) is 42.9. The van der Waals surface area contributed by atoms with E-state index in [-0.39, 0.29) is 47.9 Å². The molecule has 5 saturated heterocycles. The van der Waals surface area contributed by atoms with Crippen molar-refractivity contribution >= 4 is 17.8 Å². The number of hydrogen-bond acceptors (Lipinski definition) is 11. The average molecular weight is 876 g/mol. The second-order valence-electron chi connectivity index (χ2n) is 20.7. The molecule has 0 aliphatic carbocycles. The molecular formula is C48H81N3O11. The van der Waals surface area contributed by atoms with Crippen molar-refractivity contribution in [2.75, 3.05) is 33.2 Å². The molecule has 6 aliphatic heterocycles. The highest BCUT2D eigenvalue weighted by atomic mass is 16.8. The first kappa shape index (κ1) is 49.3. The summed E-state index contributed by atoms with van der Waals surface area (Å²) in [6, 6.07) is -0.825. The highest BCUT2D eigenvalue weighted by Crippen LogP contribution is 2.54. The third kappa shape index (κ3) is 9.55. The van der Waals surface area contributed by atoms with Gasteiger partial charge in [-0.25, -0.2) is 4.79 Å². The number of carboxylic acid groups (broad SMARTS) is 1. The molecule has 0 aromatic carbocycles. The van der Waals surface area contributed by atoms with Crippen molar-refractivity contribution in [1.82, 2.24) is 15.1 Å². The maximum absolute atomic E-state index is 14.7. The minimum absolute atomic E-state index is 0.0115. The number of amides is 2. The first-order chi connectivity index (χ1) is 29.2. The Balaban J connectivity index is 1.24. The predicted octanol–water partition coefficient (Wildman–Crippen LogP) is 6.15. The lowest BCUT2D eigenvalue weighted by atomic mass is 9.72. The van der Waals surface area contributed by atoms with E-state index >= 15 is 0 Å². The Bertz CT molecular complexity index is 1610. The molecule has 0 aromatic rings. The Labute approximate surface area is 371 Å². The SMILES string of the molecule is CCC(C(=O)[C@@H](C)[C@@H](O)[C@H](C)[C@@H]1O[C@@H]([C@@H](CC)C(=O)O)CC[C@@H]1C)[C@H]1O[C@]2(C=C[C@@H](NC(=O)N3CCN(C)CC3)[C@]3(CC[C@@](C)([C@H]4CC[C@](O)(CC)[C@H](C)O4)O3)O2)[C@H](C)C[C@@H]1C. The van der Waals surface area contributed by atoms with Crippen LogP contribution in [0.25, 0.3) is 0 Å². The molecule has 4 N–H and O–H groups in total. The number of aliphatic carboxylic acids is 1. The van der Waals surface area contributed by atoms with Crippen molar-refractivity contribution in [2.45, 2.75) is 199 Å². The highest BCUT2D eigenvalue weighted by molar-refractivity contribution is 5.84. The lowest BCUT2D eigenvalue weighted by molar-refractivity contribution is -0.398. The van der Waals surface area contributed by atoms with E-state index in [9.17, 15) is 29.7 Å². The van der Waals surface area contributed by atoms with Crippen LogP contribution in [-0.4, -0.2) is 142 Å². The van der Waals surface area contributed by atoms with E-state index in [1.54, 1.807) is 6.92 Å². The van der Waals surface area contributed by atoms with E-state index in [4.69, 9.17) is 23.7 Å². The van der Waals surface area contributed by atoms with E-state index < -0.39 is 76.8 Å². The van der Waals surface area contributed by atoms with Crippen LogP contribution in [0.15, 0.2) is 12.2 Å². The fraction of sp³-hybridized carbons (Fsp3) is 0.896. The van der Waals surface area contributed by atoms with Crippen molar-refractivity contribution in [3.63, 3.8) is 0 Å². The first-order valence-corrected chi connectivity index (χ1v) is 24.2. The van der Waals surface area contributed by atoms with Gasteiger partial charge in [0, 0.05) is 56.3 Å². The summed E-state index contributed by atoms with van der Waals surface area (Å²) >= 11 is 0. The van der Waals surface area contributed by atoms with Crippen LogP contribution >= 0.6 is 0 Å². The third-order valence-corrected chi connectivity index (χ3v) is 16.5. The van der Waals surface area contributed by atoms with E-state index in [0.717, 1.165) is 19.5 Å². The van der Waals surface area contributed by atoms with Crippen molar-refractivity contribution in [3.05, 3.63) is 12.2 Å².